The Morgan fingerprint density at radius 1 is 1.53 bits per heavy atom. The molecule has 0 bridgehead atoms. The Morgan fingerprint density at radius 3 is 3.05 bits per heavy atom. The fourth-order valence-corrected chi connectivity index (χ4v) is 2.62. The molecule has 1 heterocycles. The van der Waals surface area contributed by atoms with E-state index in [0.29, 0.717) is 17.9 Å². The smallest absolute Gasteiger partial charge is 0.279 e. The lowest BCUT2D eigenvalue weighted by Gasteiger charge is -2.11. The molecule has 2 amide bonds. The molecule has 1 atom stereocenters. The van der Waals surface area contributed by atoms with Gasteiger partial charge in [0.2, 0.25) is 5.91 Å². The van der Waals surface area contributed by atoms with E-state index in [1.54, 1.807) is 0 Å². The highest BCUT2D eigenvalue weighted by molar-refractivity contribution is 8.14. The van der Waals surface area contributed by atoms with Gasteiger partial charge in [0.05, 0.1) is 0 Å². The topological polar surface area (TPSA) is 78.4 Å². The van der Waals surface area contributed by atoms with Crippen molar-refractivity contribution < 1.29 is 14.7 Å². The number of carbonyl (C=O) groups excluding carboxylic acids is 2. The van der Waals surface area contributed by atoms with Crippen molar-refractivity contribution >= 4 is 28.6 Å². The average Bonchev–Trinajstić information content (AvgIpc) is 2.83. The Bertz CT molecular complexity index is 479. The number of hydrogen-bond donors (Lipinski definition) is 3. The largest absolute Gasteiger partial charge is 0.396 e. The van der Waals surface area contributed by atoms with Crippen LogP contribution in [0.4, 0.5) is 10.5 Å². The molecule has 0 aromatic heterocycles. The summed E-state index contributed by atoms with van der Waals surface area (Å²) >= 11 is 1.12. The van der Waals surface area contributed by atoms with Crippen molar-refractivity contribution in [1.29, 1.82) is 0 Å². The van der Waals surface area contributed by atoms with Gasteiger partial charge in [0.15, 0.2) is 0 Å². The van der Waals surface area contributed by atoms with Gasteiger partial charge < -0.3 is 15.7 Å². The van der Waals surface area contributed by atoms with Gasteiger partial charge in [0.25, 0.3) is 5.24 Å². The molecule has 1 aliphatic heterocycles. The first-order chi connectivity index (χ1) is 9.19. The number of anilines is 1. The van der Waals surface area contributed by atoms with Gasteiger partial charge in [0, 0.05) is 18.0 Å². The summed E-state index contributed by atoms with van der Waals surface area (Å²) in [7, 11) is 0. The van der Waals surface area contributed by atoms with Crippen molar-refractivity contribution in [3.8, 4) is 0 Å². The SMILES string of the molecule is O=C1NC(C(=O)Nc2cccc(CCCO)c2)CS1. The molecular weight excluding hydrogens is 264 g/mol. The van der Waals surface area contributed by atoms with Crippen LogP contribution in [-0.2, 0) is 11.2 Å². The lowest BCUT2D eigenvalue weighted by Crippen LogP contribution is -2.38. The number of aliphatic hydroxyl groups is 1. The van der Waals surface area contributed by atoms with Gasteiger partial charge in [-0.15, -0.1) is 0 Å². The van der Waals surface area contributed by atoms with E-state index in [0.717, 1.165) is 23.7 Å². The van der Waals surface area contributed by atoms with Crippen LogP contribution in [0.2, 0.25) is 0 Å². The van der Waals surface area contributed by atoms with E-state index in [1.807, 2.05) is 24.3 Å². The molecule has 0 radical (unpaired) electrons. The molecule has 5 nitrogen and oxygen atoms in total. The maximum atomic E-state index is 11.9. The molecule has 2 rings (SSSR count). The number of nitrogens with one attached hydrogen (secondary N) is 2. The third kappa shape index (κ3) is 3.97. The molecule has 6 heteroatoms. The zero-order chi connectivity index (χ0) is 13.7. The number of rotatable bonds is 5. The molecule has 1 aliphatic rings. The van der Waals surface area contributed by atoms with Crippen molar-refractivity contribution in [3.05, 3.63) is 29.8 Å². The molecule has 1 aromatic carbocycles. The molecule has 0 aliphatic carbocycles. The highest BCUT2D eigenvalue weighted by atomic mass is 32.2. The second-order valence-electron chi connectivity index (χ2n) is 4.31. The fraction of sp³-hybridized carbons (Fsp3) is 0.385. The second kappa shape index (κ2) is 6.58. The van der Waals surface area contributed by atoms with Crippen LogP contribution < -0.4 is 10.6 Å². The summed E-state index contributed by atoms with van der Waals surface area (Å²) in [6.45, 7) is 0.155. The molecule has 1 fully saturated rings. The first-order valence-electron chi connectivity index (χ1n) is 6.13. The maximum Gasteiger partial charge on any atom is 0.279 e. The Labute approximate surface area is 115 Å². The van der Waals surface area contributed by atoms with Crippen LogP contribution in [0.3, 0.4) is 0 Å². The zero-order valence-corrected chi connectivity index (χ0v) is 11.2. The summed E-state index contributed by atoms with van der Waals surface area (Å²) in [6, 6.07) is 7.06. The van der Waals surface area contributed by atoms with E-state index in [2.05, 4.69) is 10.6 Å². The van der Waals surface area contributed by atoms with E-state index in [4.69, 9.17) is 5.11 Å². The van der Waals surface area contributed by atoms with Crippen LogP contribution >= 0.6 is 11.8 Å². The highest BCUT2D eigenvalue weighted by Gasteiger charge is 2.27. The summed E-state index contributed by atoms with van der Waals surface area (Å²) < 4.78 is 0. The van der Waals surface area contributed by atoms with Crippen molar-refractivity contribution in [2.75, 3.05) is 17.7 Å². The maximum absolute atomic E-state index is 11.9. The quantitative estimate of drug-likeness (QED) is 0.761. The minimum atomic E-state index is -0.460. The van der Waals surface area contributed by atoms with Crippen molar-refractivity contribution in [3.63, 3.8) is 0 Å². The standard InChI is InChI=1S/C13H16N2O3S/c16-6-2-4-9-3-1-5-10(7-9)14-12(17)11-8-19-13(18)15-11/h1,3,5,7,11,16H,2,4,6,8H2,(H,14,17)(H,15,18). The molecule has 0 saturated carbocycles. The third-order valence-electron chi connectivity index (χ3n) is 2.81. The summed E-state index contributed by atoms with van der Waals surface area (Å²) in [5.41, 5.74) is 1.78. The van der Waals surface area contributed by atoms with Gasteiger partial charge in [-0.25, -0.2) is 0 Å². The third-order valence-corrected chi connectivity index (χ3v) is 3.69. The first kappa shape index (κ1) is 13.9. The minimum Gasteiger partial charge on any atom is -0.396 e. The Balaban J connectivity index is 1.94. The number of aliphatic hydroxyl groups excluding tert-OH is 1. The monoisotopic (exact) mass is 280 g/mol. The van der Waals surface area contributed by atoms with Crippen LogP contribution in [0.1, 0.15) is 12.0 Å². The summed E-state index contributed by atoms with van der Waals surface area (Å²) in [6.07, 6.45) is 1.48. The summed E-state index contributed by atoms with van der Waals surface area (Å²) in [4.78, 5) is 22.9. The van der Waals surface area contributed by atoms with E-state index in [1.165, 1.54) is 0 Å². The minimum absolute atomic E-state index is 0.155. The van der Waals surface area contributed by atoms with Gasteiger partial charge >= 0.3 is 0 Å². The number of carbonyl (C=O) groups is 2. The van der Waals surface area contributed by atoms with Gasteiger partial charge in [-0.2, -0.15) is 0 Å². The Morgan fingerprint density at radius 2 is 2.37 bits per heavy atom. The molecular formula is C13H16N2O3S. The first-order valence-corrected chi connectivity index (χ1v) is 7.11. The van der Waals surface area contributed by atoms with E-state index in [-0.39, 0.29) is 17.8 Å². The molecule has 3 N–H and O–H groups in total. The van der Waals surface area contributed by atoms with E-state index < -0.39 is 6.04 Å². The molecule has 1 aromatic rings. The van der Waals surface area contributed by atoms with Crippen LogP contribution in [-0.4, -0.2) is 34.7 Å². The van der Waals surface area contributed by atoms with Crippen LogP contribution in [0.15, 0.2) is 24.3 Å². The summed E-state index contributed by atoms with van der Waals surface area (Å²) in [5, 5.41) is 14.0. The second-order valence-corrected chi connectivity index (χ2v) is 5.30. The van der Waals surface area contributed by atoms with Crippen molar-refractivity contribution in [1.82, 2.24) is 5.32 Å². The summed E-state index contributed by atoms with van der Waals surface area (Å²) in [5.74, 6) is 0.271. The lowest BCUT2D eigenvalue weighted by molar-refractivity contribution is -0.117. The van der Waals surface area contributed by atoms with Gasteiger partial charge in [0.1, 0.15) is 6.04 Å². The number of aryl methyl sites for hydroxylation is 1. The molecule has 0 spiro atoms. The Hall–Kier alpha value is -1.53. The average molecular weight is 280 g/mol. The molecule has 102 valence electrons. The normalized spacial score (nSPS) is 18.2. The van der Waals surface area contributed by atoms with Crippen molar-refractivity contribution in [2.45, 2.75) is 18.9 Å². The number of hydrogen-bond acceptors (Lipinski definition) is 4. The predicted molar refractivity (Wildman–Crippen MR) is 75.3 cm³/mol. The number of benzene rings is 1. The van der Waals surface area contributed by atoms with Gasteiger partial charge in [-0.1, -0.05) is 23.9 Å². The van der Waals surface area contributed by atoms with Gasteiger partial charge in [-0.05, 0) is 30.5 Å². The van der Waals surface area contributed by atoms with Crippen LogP contribution in [0, 0.1) is 0 Å². The van der Waals surface area contributed by atoms with E-state index in [9.17, 15) is 9.59 Å². The van der Waals surface area contributed by atoms with Crippen molar-refractivity contribution in [2.24, 2.45) is 0 Å². The van der Waals surface area contributed by atoms with Crippen LogP contribution in [0.5, 0.6) is 0 Å². The molecule has 1 saturated heterocycles. The Kier molecular flexibility index (Phi) is 4.81. The van der Waals surface area contributed by atoms with Gasteiger partial charge in [-0.3, -0.25) is 9.59 Å². The number of amides is 2. The number of thioether (sulfide) groups is 1. The van der Waals surface area contributed by atoms with E-state index >= 15 is 0 Å². The molecule has 19 heavy (non-hydrogen) atoms. The predicted octanol–water partition coefficient (Wildman–Crippen LogP) is 1.37. The molecule has 1 unspecified atom stereocenters. The fourth-order valence-electron chi connectivity index (χ4n) is 1.84. The zero-order valence-electron chi connectivity index (χ0n) is 10.4. The highest BCUT2D eigenvalue weighted by Crippen LogP contribution is 2.16. The lowest BCUT2D eigenvalue weighted by atomic mass is 10.1. The van der Waals surface area contributed by atoms with Crippen LogP contribution in [0.25, 0.3) is 0 Å².